The zero-order valence-electron chi connectivity index (χ0n) is 10.5. The van der Waals surface area contributed by atoms with E-state index >= 15 is 0 Å². The van der Waals surface area contributed by atoms with Gasteiger partial charge in [0.05, 0.1) is 15.7 Å². The second-order valence-electron chi connectivity index (χ2n) is 4.87. The van der Waals surface area contributed by atoms with Gasteiger partial charge in [0.25, 0.3) is 0 Å². The van der Waals surface area contributed by atoms with E-state index in [4.69, 9.17) is 0 Å². The Morgan fingerprint density at radius 3 is 2.25 bits per heavy atom. The highest BCUT2D eigenvalue weighted by Gasteiger charge is 2.22. The highest BCUT2D eigenvalue weighted by Crippen LogP contribution is 2.19. The van der Waals surface area contributed by atoms with Crippen molar-refractivity contribution < 1.29 is 4.21 Å². The van der Waals surface area contributed by atoms with E-state index < -0.39 is 11.0 Å². The molecule has 16 heavy (non-hydrogen) atoms. The third-order valence-corrected chi connectivity index (χ3v) is 4.03. The molecule has 1 unspecified atom stereocenters. The fourth-order valence-electron chi connectivity index (χ4n) is 1.38. The number of hydrogen-bond acceptors (Lipinski definition) is 1. The fourth-order valence-corrected chi connectivity index (χ4v) is 2.29. The van der Waals surface area contributed by atoms with E-state index in [1.54, 1.807) is 0 Å². The first-order valence-corrected chi connectivity index (χ1v) is 6.83. The molecule has 1 aromatic rings. The molecule has 0 bridgehead atoms. The van der Waals surface area contributed by atoms with Crippen LogP contribution >= 0.6 is 0 Å². The molecule has 2 atom stereocenters. The zero-order valence-corrected chi connectivity index (χ0v) is 11.3. The van der Waals surface area contributed by atoms with Crippen molar-refractivity contribution in [2.45, 2.75) is 44.9 Å². The molecular weight excluding hydrogens is 218 g/mol. The van der Waals surface area contributed by atoms with Gasteiger partial charge in [0, 0.05) is 6.04 Å². The van der Waals surface area contributed by atoms with Crippen LogP contribution in [0.2, 0.25) is 0 Å². The molecule has 1 rings (SSSR count). The Morgan fingerprint density at radius 2 is 1.81 bits per heavy atom. The van der Waals surface area contributed by atoms with E-state index in [0.29, 0.717) is 0 Å². The van der Waals surface area contributed by atoms with Gasteiger partial charge in [-0.05, 0) is 32.8 Å². The van der Waals surface area contributed by atoms with Crippen molar-refractivity contribution in [2.24, 2.45) is 0 Å². The molecule has 2 nitrogen and oxygen atoms in total. The molecule has 90 valence electrons. The third-order valence-electron chi connectivity index (χ3n) is 2.42. The van der Waals surface area contributed by atoms with Gasteiger partial charge in [-0.2, -0.15) is 0 Å². The summed E-state index contributed by atoms with van der Waals surface area (Å²) in [6.07, 6.45) is 0.936. The van der Waals surface area contributed by atoms with E-state index in [2.05, 4.69) is 23.8 Å². The summed E-state index contributed by atoms with van der Waals surface area (Å²) in [4.78, 5) is 0. The standard InChI is InChI=1S/C13H21NOS/c1-5-12(11-9-7-6-8-10-11)14-16(15)13(2,3)4/h6-10,12,14H,5H2,1-4H3/t12-,16?/m0/s1. The highest BCUT2D eigenvalue weighted by atomic mass is 32.2. The first-order chi connectivity index (χ1) is 7.45. The first kappa shape index (κ1) is 13.4. The summed E-state index contributed by atoms with van der Waals surface area (Å²) in [5.41, 5.74) is 1.20. The van der Waals surface area contributed by atoms with Gasteiger partial charge in [-0.1, -0.05) is 37.3 Å². The van der Waals surface area contributed by atoms with Gasteiger partial charge in [0.15, 0.2) is 0 Å². The van der Waals surface area contributed by atoms with E-state index in [1.165, 1.54) is 5.56 Å². The Balaban J connectivity index is 2.75. The van der Waals surface area contributed by atoms with Gasteiger partial charge < -0.3 is 0 Å². The molecule has 1 N–H and O–H groups in total. The van der Waals surface area contributed by atoms with Crippen LogP contribution in [0, 0.1) is 0 Å². The maximum absolute atomic E-state index is 12.0. The lowest BCUT2D eigenvalue weighted by molar-refractivity contribution is 0.589. The van der Waals surface area contributed by atoms with Crippen LogP contribution in [-0.4, -0.2) is 8.96 Å². The summed E-state index contributed by atoms with van der Waals surface area (Å²) in [5, 5.41) is 0. The summed E-state index contributed by atoms with van der Waals surface area (Å²) in [6, 6.07) is 10.3. The van der Waals surface area contributed by atoms with Crippen molar-refractivity contribution in [1.82, 2.24) is 4.72 Å². The van der Waals surface area contributed by atoms with Crippen LogP contribution in [0.1, 0.15) is 45.7 Å². The van der Waals surface area contributed by atoms with Crippen molar-refractivity contribution in [1.29, 1.82) is 0 Å². The Hall–Kier alpha value is -0.670. The molecule has 0 heterocycles. The Morgan fingerprint density at radius 1 is 1.25 bits per heavy atom. The lowest BCUT2D eigenvalue weighted by Gasteiger charge is -2.23. The van der Waals surface area contributed by atoms with Crippen LogP contribution in [0.3, 0.4) is 0 Å². The van der Waals surface area contributed by atoms with Gasteiger partial charge in [-0.25, -0.2) is 8.93 Å². The fraction of sp³-hybridized carbons (Fsp3) is 0.538. The van der Waals surface area contributed by atoms with Gasteiger partial charge in [-0.15, -0.1) is 0 Å². The normalized spacial score (nSPS) is 15.8. The summed E-state index contributed by atoms with van der Waals surface area (Å²) in [7, 11) is -1.02. The number of hydrogen-bond donors (Lipinski definition) is 1. The highest BCUT2D eigenvalue weighted by molar-refractivity contribution is 7.84. The molecule has 0 spiro atoms. The summed E-state index contributed by atoms with van der Waals surface area (Å²) >= 11 is 0. The molecule has 0 amide bonds. The van der Waals surface area contributed by atoms with E-state index in [1.807, 2.05) is 39.0 Å². The zero-order chi connectivity index (χ0) is 12.2. The summed E-state index contributed by atoms with van der Waals surface area (Å²) in [5.74, 6) is 0. The van der Waals surface area contributed by atoms with Gasteiger partial charge in [-0.3, -0.25) is 0 Å². The van der Waals surface area contributed by atoms with E-state index in [9.17, 15) is 4.21 Å². The smallest absolute Gasteiger partial charge is 0.0975 e. The molecule has 0 aliphatic carbocycles. The Labute approximate surface area is 101 Å². The average molecular weight is 239 g/mol. The monoisotopic (exact) mass is 239 g/mol. The van der Waals surface area contributed by atoms with Crippen molar-refractivity contribution in [3.8, 4) is 0 Å². The molecule has 0 saturated heterocycles. The van der Waals surface area contributed by atoms with Crippen LogP contribution in [0.15, 0.2) is 30.3 Å². The lowest BCUT2D eigenvalue weighted by atomic mass is 10.1. The molecule has 1 aromatic carbocycles. The third kappa shape index (κ3) is 3.72. The maximum Gasteiger partial charge on any atom is 0.0975 e. The van der Waals surface area contributed by atoms with Gasteiger partial charge in [0.1, 0.15) is 0 Å². The van der Waals surface area contributed by atoms with Crippen molar-refractivity contribution >= 4 is 11.0 Å². The van der Waals surface area contributed by atoms with E-state index in [0.717, 1.165) is 6.42 Å². The van der Waals surface area contributed by atoms with Crippen LogP contribution in [-0.2, 0) is 11.0 Å². The SMILES string of the molecule is CC[C@H](NS(=O)C(C)(C)C)c1ccccc1. The second kappa shape index (κ2) is 5.60. The largest absolute Gasteiger partial charge is 0.242 e. The molecule has 0 saturated carbocycles. The molecular formula is C13H21NOS. The molecule has 0 fully saturated rings. The summed E-state index contributed by atoms with van der Waals surface area (Å²) < 4.78 is 15.0. The quantitative estimate of drug-likeness (QED) is 0.859. The van der Waals surface area contributed by atoms with Crippen LogP contribution in [0.4, 0.5) is 0 Å². The number of nitrogens with one attached hydrogen (secondary N) is 1. The molecule has 0 aliphatic rings. The van der Waals surface area contributed by atoms with Crippen molar-refractivity contribution in [2.75, 3.05) is 0 Å². The molecule has 0 aromatic heterocycles. The van der Waals surface area contributed by atoms with E-state index in [-0.39, 0.29) is 10.8 Å². The predicted octanol–water partition coefficient (Wildman–Crippen LogP) is 3.19. The van der Waals surface area contributed by atoms with Crippen LogP contribution in [0.25, 0.3) is 0 Å². The maximum atomic E-state index is 12.0. The summed E-state index contributed by atoms with van der Waals surface area (Å²) in [6.45, 7) is 8.04. The van der Waals surface area contributed by atoms with Crippen molar-refractivity contribution in [3.05, 3.63) is 35.9 Å². The van der Waals surface area contributed by atoms with Gasteiger partial charge in [0.2, 0.25) is 0 Å². The molecule has 0 aliphatic heterocycles. The molecule has 0 radical (unpaired) electrons. The van der Waals surface area contributed by atoms with Crippen LogP contribution < -0.4 is 4.72 Å². The molecule has 3 heteroatoms. The second-order valence-corrected chi connectivity index (χ2v) is 6.87. The predicted molar refractivity (Wildman–Crippen MR) is 70.5 cm³/mol. The number of benzene rings is 1. The topological polar surface area (TPSA) is 29.1 Å². The van der Waals surface area contributed by atoms with Gasteiger partial charge >= 0.3 is 0 Å². The Kier molecular flexibility index (Phi) is 4.69. The average Bonchev–Trinajstić information content (AvgIpc) is 2.25. The minimum atomic E-state index is -1.02. The lowest BCUT2D eigenvalue weighted by Crippen LogP contribution is -2.35. The minimum Gasteiger partial charge on any atom is -0.242 e. The minimum absolute atomic E-state index is 0.168. The van der Waals surface area contributed by atoms with Crippen LogP contribution in [0.5, 0.6) is 0 Å². The first-order valence-electron chi connectivity index (χ1n) is 5.68. The Bertz CT molecular complexity index is 343. The number of rotatable bonds is 4. The van der Waals surface area contributed by atoms with Crippen molar-refractivity contribution in [3.63, 3.8) is 0 Å².